The van der Waals surface area contributed by atoms with E-state index >= 15 is 0 Å². The molecule has 2 aromatic carbocycles. The standard InChI is InChI=1S/C18H18ClFN2O/c1-11-7-18(23)22(2)17-6-4-13(9-14(11)17)21-10-12-3-5-15(19)16(20)8-12/h3-6,8-9,11,21H,7,10H2,1-2H3. The van der Waals surface area contributed by atoms with Gasteiger partial charge in [-0.25, -0.2) is 4.39 Å². The van der Waals surface area contributed by atoms with Gasteiger partial charge in [-0.1, -0.05) is 24.6 Å². The maximum Gasteiger partial charge on any atom is 0.227 e. The quantitative estimate of drug-likeness (QED) is 0.893. The molecule has 5 heteroatoms. The first kappa shape index (κ1) is 15.8. The average molecular weight is 333 g/mol. The monoisotopic (exact) mass is 332 g/mol. The Bertz CT molecular complexity index is 763. The van der Waals surface area contributed by atoms with Crippen LogP contribution in [0.3, 0.4) is 0 Å². The molecule has 1 unspecified atom stereocenters. The summed E-state index contributed by atoms with van der Waals surface area (Å²) in [5.41, 5.74) is 3.88. The Hall–Kier alpha value is -2.07. The van der Waals surface area contributed by atoms with Crippen LogP contribution in [0.25, 0.3) is 0 Å². The van der Waals surface area contributed by atoms with E-state index < -0.39 is 5.82 Å². The summed E-state index contributed by atoms with van der Waals surface area (Å²) in [6.07, 6.45) is 0.523. The number of benzene rings is 2. The third-order valence-corrected chi connectivity index (χ3v) is 4.56. The fourth-order valence-corrected chi connectivity index (χ4v) is 2.98. The van der Waals surface area contributed by atoms with Gasteiger partial charge in [-0.15, -0.1) is 0 Å². The van der Waals surface area contributed by atoms with Crippen LogP contribution in [0, 0.1) is 5.82 Å². The Morgan fingerprint density at radius 2 is 2.09 bits per heavy atom. The van der Waals surface area contributed by atoms with Crippen molar-refractivity contribution in [3.63, 3.8) is 0 Å². The van der Waals surface area contributed by atoms with E-state index in [-0.39, 0.29) is 16.8 Å². The molecule has 1 N–H and O–H groups in total. The third-order valence-electron chi connectivity index (χ3n) is 4.26. The van der Waals surface area contributed by atoms with Crippen molar-refractivity contribution in [1.82, 2.24) is 0 Å². The van der Waals surface area contributed by atoms with E-state index in [0.717, 1.165) is 22.5 Å². The van der Waals surface area contributed by atoms with Gasteiger partial charge in [-0.2, -0.15) is 0 Å². The van der Waals surface area contributed by atoms with E-state index in [2.05, 4.69) is 18.3 Å². The molecule has 0 saturated heterocycles. The lowest BCUT2D eigenvalue weighted by molar-refractivity contribution is -0.119. The summed E-state index contributed by atoms with van der Waals surface area (Å²) in [6, 6.07) is 10.7. The number of rotatable bonds is 3. The van der Waals surface area contributed by atoms with Crippen LogP contribution in [0.4, 0.5) is 15.8 Å². The molecule has 23 heavy (non-hydrogen) atoms. The second kappa shape index (κ2) is 6.20. The van der Waals surface area contributed by atoms with Gasteiger partial charge in [-0.05, 0) is 47.4 Å². The van der Waals surface area contributed by atoms with Crippen LogP contribution in [0.2, 0.25) is 5.02 Å². The van der Waals surface area contributed by atoms with Gasteiger partial charge >= 0.3 is 0 Å². The topological polar surface area (TPSA) is 32.3 Å². The molecule has 0 saturated carbocycles. The zero-order valence-corrected chi connectivity index (χ0v) is 13.8. The van der Waals surface area contributed by atoms with E-state index in [4.69, 9.17) is 11.6 Å². The summed E-state index contributed by atoms with van der Waals surface area (Å²) in [6.45, 7) is 2.57. The summed E-state index contributed by atoms with van der Waals surface area (Å²) in [5, 5.41) is 3.42. The molecule has 0 spiro atoms. The predicted molar refractivity (Wildman–Crippen MR) is 91.6 cm³/mol. The van der Waals surface area contributed by atoms with Crippen LogP contribution >= 0.6 is 11.6 Å². The molecular weight excluding hydrogens is 315 g/mol. The number of carbonyl (C=O) groups excluding carboxylic acids is 1. The molecule has 3 nitrogen and oxygen atoms in total. The molecule has 0 radical (unpaired) electrons. The van der Waals surface area contributed by atoms with Gasteiger partial charge in [0.1, 0.15) is 5.82 Å². The number of hydrogen-bond donors (Lipinski definition) is 1. The van der Waals surface area contributed by atoms with Gasteiger partial charge in [0, 0.05) is 31.4 Å². The first-order chi connectivity index (χ1) is 11.0. The van der Waals surface area contributed by atoms with Gasteiger partial charge < -0.3 is 10.2 Å². The maximum absolute atomic E-state index is 13.5. The zero-order chi connectivity index (χ0) is 16.6. The Kier molecular flexibility index (Phi) is 4.26. The number of carbonyl (C=O) groups is 1. The minimum atomic E-state index is -0.412. The molecule has 0 aromatic heterocycles. The average Bonchev–Trinajstić information content (AvgIpc) is 2.54. The highest BCUT2D eigenvalue weighted by atomic mass is 35.5. The van der Waals surface area contributed by atoms with Gasteiger partial charge in [-0.3, -0.25) is 4.79 Å². The van der Waals surface area contributed by atoms with Crippen molar-refractivity contribution in [3.8, 4) is 0 Å². The van der Waals surface area contributed by atoms with Crippen molar-refractivity contribution in [2.75, 3.05) is 17.3 Å². The van der Waals surface area contributed by atoms with E-state index in [9.17, 15) is 9.18 Å². The number of anilines is 2. The van der Waals surface area contributed by atoms with Crippen molar-refractivity contribution in [3.05, 3.63) is 58.4 Å². The Balaban J connectivity index is 1.78. The second-order valence-corrected chi connectivity index (χ2v) is 6.34. The van der Waals surface area contributed by atoms with E-state index in [1.165, 1.54) is 6.07 Å². The Morgan fingerprint density at radius 3 is 2.83 bits per heavy atom. The minimum Gasteiger partial charge on any atom is -0.381 e. The van der Waals surface area contributed by atoms with Crippen LogP contribution in [0.5, 0.6) is 0 Å². The third kappa shape index (κ3) is 3.17. The van der Waals surface area contributed by atoms with Gasteiger partial charge in [0.2, 0.25) is 5.91 Å². The highest BCUT2D eigenvalue weighted by molar-refractivity contribution is 6.30. The summed E-state index contributed by atoms with van der Waals surface area (Å²) in [7, 11) is 1.80. The number of fused-ring (bicyclic) bond motifs is 1. The Labute approximate surface area is 140 Å². The fourth-order valence-electron chi connectivity index (χ4n) is 2.86. The lowest BCUT2D eigenvalue weighted by Crippen LogP contribution is -2.32. The normalized spacial score (nSPS) is 17.1. The molecule has 0 aliphatic carbocycles. The molecule has 0 fully saturated rings. The first-order valence-electron chi connectivity index (χ1n) is 7.54. The summed E-state index contributed by atoms with van der Waals surface area (Å²) in [5.74, 6) is -0.0732. The molecule has 120 valence electrons. The highest BCUT2D eigenvalue weighted by Crippen LogP contribution is 2.36. The predicted octanol–water partition coefficient (Wildman–Crippen LogP) is 4.56. The molecule has 2 aromatic rings. The summed E-state index contributed by atoms with van der Waals surface area (Å²) >= 11 is 5.69. The van der Waals surface area contributed by atoms with Crippen LogP contribution < -0.4 is 10.2 Å². The van der Waals surface area contributed by atoms with E-state index in [1.54, 1.807) is 24.1 Å². The van der Waals surface area contributed by atoms with Gasteiger partial charge in [0.05, 0.1) is 5.02 Å². The molecule has 1 heterocycles. The van der Waals surface area contributed by atoms with Crippen LogP contribution in [-0.2, 0) is 11.3 Å². The maximum atomic E-state index is 13.5. The number of amides is 1. The second-order valence-electron chi connectivity index (χ2n) is 5.93. The van der Waals surface area contributed by atoms with Crippen molar-refractivity contribution >= 4 is 28.9 Å². The van der Waals surface area contributed by atoms with Crippen molar-refractivity contribution < 1.29 is 9.18 Å². The van der Waals surface area contributed by atoms with Gasteiger partial charge in [0.25, 0.3) is 0 Å². The first-order valence-corrected chi connectivity index (χ1v) is 7.92. The van der Waals surface area contributed by atoms with Gasteiger partial charge in [0.15, 0.2) is 0 Å². The SMILES string of the molecule is CC1CC(=O)N(C)c2ccc(NCc3ccc(Cl)c(F)c3)cc21. The lowest BCUT2D eigenvalue weighted by Gasteiger charge is -2.30. The molecule has 1 aliphatic heterocycles. The summed E-state index contributed by atoms with van der Waals surface area (Å²) in [4.78, 5) is 13.6. The van der Waals surface area contributed by atoms with Crippen LogP contribution in [-0.4, -0.2) is 13.0 Å². The lowest BCUT2D eigenvalue weighted by atomic mass is 9.91. The minimum absolute atomic E-state index is 0.129. The fraction of sp³-hybridized carbons (Fsp3) is 0.278. The summed E-state index contributed by atoms with van der Waals surface area (Å²) < 4.78 is 13.5. The number of nitrogens with zero attached hydrogens (tertiary/aromatic N) is 1. The number of nitrogens with one attached hydrogen (secondary N) is 1. The van der Waals surface area contributed by atoms with E-state index in [0.29, 0.717) is 13.0 Å². The van der Waals surface area contributed by atoms with Crippen molar-refractivity contribution in [2.45, 2.75) is 25.8 Å². The van der Waals surface area contributed by atoms with Crippen molar-refractivity contribution in [2.24, 2.45) is 0 Å². The molecule has 1 amide bonds. The highest BCUT2D eigenvalue weighted by Gasteiger charge is 2.26. The van der Waals surface area contributed by atoms with Crippen molar-refractivity contribution in [1.29, 1.82) is 0 Å². The smallest absolute Gasteiger partial charge is 0.227 e. The number of hydrogen-bond acceptors (Lipinski definition) is 2. The Morgan fingerprint density at radius 1 is 1.30 bits per heavy atom. The zero-order valence-electron chi connectivity index (χ0n) is 13.1. The van der Waals surface area contributed by atoms with E-state index in [1.807, 2.05) is 12.1 Å². The van der Waals surface area contributed by atoms with Crippen LogP contribution in [0.1, 0.15) is 30.4 Å². The van der Waals surface area contributed by atoms with Crippen LogP contribution in [0.15, 0.2) is 36.4 Å². The molecule has 1 atom stereocenters. The largest absolute Gasteiger partial charge is 0.381 e. The molecule has 0 bridgehead atoms. The molecular formula is C18H18ClFN2O. The number of halogens is 2. The molecule has 1 aliphatic rings. The molecule has 3 rings (SSSR count).